The highest BCUT2D eigenvalue weighted by molar-refractivity contribution is 5.60. The monoisotopic (exact) mass is 409 g/mol. The maximum Gasteiger partial charge on any atom is 0.387 e. The Hall–Kier alpha value is -2.98. The second kappa shape index (κ2) is 9.99. The standard InChI is InChI=1S/C19H21F2N3O5/c1-25-9-7-24(11-14-4-3-8-27-14)12-17-22-18(23-29-17)13-5-6-15(28-19(20)21)16(10-13)26-2/h3-6,8,10,19H,7,9,11-12H2,1-2H3. The lowest BCUT2D eigenvalue weighted by atomic mass is 10.2. The highest BCUT2D eigenvalue weighted by Gasteiger charge is 2.17. The number of ether oxygens (including phenoxy) is 3. The molecule has 1 aromatic carbocycles. The van der Waals surface area contributed by atoms with Crippen LogP contribution in [0.3, 0.4) is 0 Å². The van der Waals surface area contributed by atoms with Crippen LogP contribution in [0.25, 0.3) is 11.4 Å². The van der Waals surface area contributed by atoms with E-state index in [4.69, 9.17) is 18.4 Å². The first kappa shape index (κ1) is 20.7. The average molecular weight is 409 g/mol. The lowest BCUT2D eigenvalue weighted by Gasteiger charge is -2.18. The summed E-state index contributed by atoms with van der Waals surface area (Å²) in [6.45, 7) is -0.825. The number of benzene rings is 1. The van der Waals surface area contributed by atoms with Crippen LogP contribution in [0.15, 0.2) is 45.5 Å². The molecule has 0 aliphatic rings. The lowest BCUT2D eigenvalue weighted by molar-refractivity contribution is -0.0512. The van der Waals surface area contributed by atoms with Crippen molar-refractivity contribution in [2.24, 2.45) is 0 Å². The highest BCUT2D eigenvalue weighted by atomic mass is 19.3. The van der Waals surface area contributed by atoms with E-state index in [1.54, 1.807) is 19.4 Å². The van der Waals surface area contributed by atoms with Gasteiger partial charge in [-0.2, -0.15) is 13.8 Å². The second-order valence-electron chi connectivity index (χ2n) is 6.04. The van der Waals surface area contributed by atoms with Gasteiger partial charge in [-0.3, -0.25) is 4.90 Å². The molecule has 2 heterocycles. The molecule has 156 valence electrons. The third-order valence-corrected chi connectivity index (χ3v) is 4.04. The zero-order valence-corrected chi connectivity index (χ0v) is 16.0. The Morgan fingerprint density at radius 1 is 1.14 bits per heavy atom. The van der Waals surface area contributed by atoms with Crippen molar-refractivity contribution in [1.29, 1.82) is 0 Å². The molecule has 0 N–H and O–H groups in total. The first-order chi connectivity index (χ1) is 14.1. The molecule has 0 fully saturated rings. The summed E-state index contributed by atoms with van der Waals surface area (Å²) >= 11 is 0. The van der Waals surface area contributed by atoms with Gasteiger partial charge in [0.25, 0.3) is 0 Å². The molecule has 0 amide bonds. The molecule has 0 unspecified atom stereocenters. The summed E-state index contributed by atoms with van der Waals surface area (Å²) in [5, 5.41) is 3.97. The maximum absolute atomic E-state index is 12.5. The zero-order valence-electron chi connectivity index (χ0n) is 16.0. The van der Waals surface area contributed by atoms with Gasteiger partial charge in [-0.1, -0.05) is 5.16 Å². The summed E-state index contributed by atoms with van der Waals surface area (Å²) in [7, 11) is 2.99. The van der Waals surface area contributed by atoms with Gasteiger partial charge in [-0.25, -0.2) is 0 Å². The van der Waals surface area contributed by atoms with Gasteiger partial charge in [-0.05, 0) is 30.3 Å². The molecule has 0 spiro atoms. The van der Waals surface area contributed by atoms with E-state index in [9.17, 15) is 8.78 Å². The van der Waals surface area contributed by atoms with E-state index in [2.05, 4.69) is 14.9 Å². The molecule has 0 aliphatic carbocycles. The van der Waals surface area contributed by atoms with Crippen LogP contribution in [0.5, 0.6) is 11.5 Å². The van der Waals surface area contributed by atoms with Crippen molar-refractivity contribution in [2.45, 2.75) is 19.7 Å². The van der Waals surface area contributed by atoms with Crippen molar-refractivity contribution in [3.63, 3.8) is 0 Å². The molecule has 0 radical (unpaired) electrons. The summed E-state index contributed by atoms with van der Waals surface area (Å²) < 4.78 is 50.4. The summed E-state index contributed by atoms with van der Waals surface area (Å²) in [6, 6.07) is 8.15. The van der Waals surface area contributed by atoms with E-state index in [1.807, 2.05) is 17.0 Å². The molecule has 0 bridgehead atoms. The van der Waals surface area contributed by atoms with Gasteiger partial charge in [0.1, 0.15) is 5.76 Å². The van der Waals surface area contributed by atoms with E-state index in [1.165, 1.54) is 19.2 Å². The van der Waals surface area contributed by atoms with E-state index >= 15 is 0 Å². The van der Waals surface area contributed by atoms with Gasteiger partial charge in [0.05, 0.1) is 33.1 Å². The van der Waals surface area contributed by atoms with Gasteiger partial charge >= 0.3 is 6.61 Å². The van der Waals surface area contributed by atoms with Crippen molar-refractivity contribution < 1.29 is 31.9 Å². The van der Waals surface area contributed by atoms with Crippen LogP contribution in [0.1, 0.15) is 11.7 Å². The summed E-state index contributed by atoms with van der Waals surface area (Å²) in [5.74, 6) is 1.59. The van der Waals surface area contributed by atoms with E-state index in [0.29, 0.717) is 43.5 Å². The molecule has 29 heavy (non-hydrogen) atoms. The van der Waals surface area contributed by atoms with Crippen LogP contribution in [-0.2, 0) is 17.8 Å². The predicted octanol–water partition coefficient (Wildman–Crippen LogP) is 3.59. The molecule has 0 saturated heterocycles. The topological polar surface area (TPSA) is 83.0 Å². The van der Waals surface area contributed by atoms with Crippen molar-refractivity contribution in [2.75, 3.05) is 27.4 Å². The molecule has 3 rings (SSSR count). The SMILES string of the molecule is COCCN(Cc1ccco1)Cc1nc(-c2ccc(OC(F)F)c(OC)c2)no1. The number of nitrogens with zero attached hydrogens (tertiary/aromatic N) is 3. The first-order valence-electron chi connectivity index (χ1n) is 8.78. The van der Waals surface area contributed by atoms with Crippen molar-refractivity contribution in [1.82, 2.24) is 15.0 Å². The molecule has 0 saturated carbocycles. The molecular weight excluding hydrogens is 388 g/mol. The Morgan fingerprint density at radius 2 is 2.00 bits per heavy atom. The van der Waals surface area contributed by atoms with Crippen LogP contribution in [0.2, 0.25) is 0 Å². The zero-order chi connectivity index (χ0) is 20.6. The Labute approximate surface area is 166 Å². The Bertz CT molecular complexity index is 886. The van der Waals surface area contributed by atoms with Gasteiger partial charge in [0.2, 0.25) is 11.7 Å². The first-order valence-corrected chi connectivity index (χ1v) is 8.78. The number of hydrogen-bond donors (Lipinski definition) is 0. The molecule has 2 aromatic heterocycles. The van der Waals surface area contributed by atoms with Crippen molar-refractivity contribution >= 4 is 0 Å². The van der Waals surface area contributed by atoms with Gasteiger partial charge in [0, 0.05) is 19.2 Å². The average Bonchev–Trinajstić information content (AvgIpc) is 3.38. The minimum absolute atomic E-state index is 0.0702. The quantitative estimate of drug-likeness (QED) is 0.475. The van der Waals surface area contributed by atoms with Gasteiger partial charge < -0.3 is 23.2 Å². The maximum atomic E-state index is 12.5. The number of halogens is 2. The fourth-order valence-electron chi connectivity index (χ4n) is 2.68. The fraction of sp³-hybridized carbons (Fsp3) is 0.368. The van der Waals surface area contributed by atoms with E-state index < -0.39 is 6.61 Å². The van der Waals surface area contributed by atoms with Gasteiger partial charge in [-0.15, -0.1) is 0 Å². The minimum Gasteiger partial charge on any atom is -0.493 e. The largest absolute Gasteiger partial charge is 0.493 e. The molecule has 8 nitrogen and oxygen atoms in total. The second-order valence-corrected chi connectivity index (χ2v) is 6.04. The minimum atomic E-state index is -2.95. The normalized spacial score (nSPS) is 11.4. The number of hydrogen-bond acceptors (Lipinski definition) is 8. The van der Waals surface area contributed by atoms with Crippen LogP contribution in [0.4, 0.5) is 8.78 Å². The Balaban J connectivity index is 1.73. The number of rotatable bonds is 11. The van der Waals surface area contributed by atoms with Crippen molar-refractivity contribution in [3.8, 4) is 22.9 Å². The van der Waals surface area contributed by atoms with Crippen molar-refractivity contribution in [3.05, 3.63) is 48.2 Å². The molecule has 0 aliphatic heterocycles. The predicted molar refractivity (Wildman–Crippen MR) is 97.6 cm³/mol. The molecule has 10 heteroatoms. The Kier molecular flexibility index (Phi) is 7.14. The summed E-state index contributed by atoms with van der Waals surface area (Å²) in [4.78, 5) is 6.43. The van der Waals surface area contributed by atoms with Crippen LogP contribution < -0.4 is 9.47 Å². The Morgan fingerprint density at radius 3 is 2.69 bits per heavy atom. The highest BCUT2D eigenvalue weighted by Crippen LogP contribution is 2.32. The smallest absolute Gasteiger partial charge is 0.387 e. The third-order valence-electron chi connectivity index (χ3n) is 4.04. The van der Waals surface area contributed by atoms with Gasteiger partial charge in [0.15, 0.2) is 11.5 Å². The van der Waals surface area contributed by atoms with Crippen LogP contribution >= 0.6 is 0 Å². The molecule has 0 atom stereocenters. The number of alkyl halides is 2. The van der Waals surface area contributed by atoms with E-state index in [-0.39, 0.29) is 11.5 Å². The number of furan rings is 1. The lowest BCUT2D eigenvalue weighted by Crippen LogP contribution is -2.26. The van der Waals surface area contributed by atoms with Crippen LogP contribution in [0, 0.1) is 0 Å². The fourth-order valence-corrected chi connectivity index (χ4v) is 2.68. The summed E-state index contributed by atoms with van der Waals surface area (Å²) in [6.07, 6.45) is 1.61. The third kappa shape index (κ3) is 5.75. The number of aromatic nitrogens is 2. The molecule has 3 aromatic rings. The molecular formula is C19H21F2N3O5. The van der Waals surface area contributed by atoms with Crippen LogP contribution in [-0.4, -0.2) is 49.0 Å². The number of methoxy groups -OCH3 is 2. The summed E-state index contributed by atoms with van der Waals surface area (Å²) in [5.41, 5.74) is 0.549. The van der Waals surface area contributed by atoms with E-state index in [0.717, 1.165) is 5.76 Å².